The summed E-state index contributed by atoms with van der Waals surface area (Å²) in [5.74, 6) is 1.04. The Morgan fingerprint density at radius 1 is 1.31 bits per heavy atom. The zero-order valence-corrected chi connectivity index (χ0v) is 10.8. The molecule has 2 aliphatic heterocycles. The van der Waals surface area contributed by atoms with E-state index in [0.29, 0.717) is 31.5 Å². The van der Waals surface area contributed by atoms with Crippen molar-refractivity contribution < 1.29 is 8.42 Å². The van der Waals surface area contributed by atoms with Gasteiger partial charge >= 0.3 is 0 Å². The van der Waals surface area contributed by atoms with Crippen LogP contribution in [0.25, 0.3) is 0 Å². The molecule has 0 saturated carbocycles. The Labute approximate surface area is 98.0 Å². The Balaban J connectivity index is 2.03. The molecule has 16 heavy (non-hydrogen) atoms. The average molecular weight is 247 g/mol. The molecule has 0 bridgehead atoms. The molecule has 0 spiro atoms. The third kappa shape index (κ3) is 2.11. The monoisotopic (exact) mass is 247 g/mol. The first-order valence-corrected chi connectivity index (χ1v) is 7.37. The lowest BCUT2D eigenvalue weighted by Crippen LogP contribution is -2.42. The van der Waals surface area contributed by atoms with Crippen molar-refractivity contribution in [2.45, 2.75) is 13.3 Å². The second-order valence-electron chi connectivity index (χ2n) is 4.82. The first kappa shape index (κ1) is 12.3. The Morgan fingerprint density at radius 3 is 2.38 bits per heavy atom. The molecule has 94 valence electrons. The van der Waals surface area contributed by atoms with Gasteiger partial charge in [-0.3, -0.25) is 0 Å². The molecule has 0 aromatic carbocycles. The highest BCUT2D eigenvalue weighted by Gasteiger charge is 2.42. The fourth-order valence-electron chi connectivity index (χ4n) is 2.63. The normalized spacial score (nSPS) is 31.2. The van der Waals surface area contributed by atoms with Crippen LogP contribution in [-0.4, -0.2) is 56.8 Å². The van der Waals surface area contributed by atoms with Crippen molar-refractivity contribution >= 4 is 10.2 Å². The first-order chi connectivity index (χ1) is 7.55. The summed E-state index contributed by atoms with van der Waals surface area (Å²) < 4.78 is 27.5. The Bertz CT molecular complexity index is 332. The Morgan fingerprint density at radius 2 is 1.88 bits per heavy atom. The lowest BCUT2D eigenvalue weighted by Gasteiger charge is -2.24. The van der Waals surface area contributed by atoms with Gasteiger partial charge in [-0.05, 0) is 31.3 Å². The van der Waals surface area contributed by atoms with Crippen LogP contribution in [0, 0.1) is 11.8 Å². The quantitative estimate of drug-likeness (QED) is 0.744. The van der Waals surface area contributed by atoms with Crippen molar-refractivity contribution in [2.24, 2.45) is 11.8 Å². The van der Waals surface area contributed by atoms with Gasteiger partial charge in [0.15, 0.2) is 0 Å². The van der Waals surface area contributed by atoms with E-state index in [9.17, 15) is 8.42 Å². The molecule has 2 rings (SSSR count). The fourth-order valence-corrected chi connectivity index (χ4v) is 4.20. The molecule has 2 fully saturated rings. The van der Waals surface area contributed by atoms with Crippen LogP contribution in [0.5, 0.6) is 0 Å². The highest BCUT2D eigenvalue weighted by Crippen LogP contribution is 2.28. The van der Waals surface area contributed by atoms with E-state index >= 15 is 0 Å². The van der Waals surface area contributed by atoms with Crippen LogP contribution in [0.15, 0.2) is 0 Å². The van der Waals surface area contributed by atoms with E-state index in [1.165, 1.54) is 4.31 Å². The van der Waals surface area contributed by atoms with E-state index in [1.807, 2.05) is 6.92 Å². The smallest absolute Gasteiger partial charge is 0.281 e. The number of nitrogens with one attached hydrogen (secondary N) is 1. The largest absolute Gasteiger partial charge is 0.316 e. The molecule has 2 aliphatic rings. The number of nitrogens with zero attached hydrogens (tertiary/aromatic N) is 2. The minimum absolute atomic E-state index is 0.518. The second-order valence-corrected chi connectivity index (χ2v) is 6.86. The molecule has 0 unspecified atom stereocenters. The number of fused-ring (bicyclic) bond motifs is 1. The molecule has 0 aromatic heterocycles. The van der Waals surface area contributed by atoms with Crippen LogP contribution in [0.1, 0.15) is 13.3 Å². The molecular weight excluding hydrogens is 226 g/mol. The van der Waals surface area contributed by atoms with Crippen LogP contribution < -0.4 is 5.32 Å². The standard InChI is InChI=1S/C10H21N3O2S/c1-3-4-12(2)16(14,15)13-7-9-5-11-6-10(9)8-13/h9-11H,3-8H2,1-2H3/t9-,10+. The van der Waals surface area contributed by atoms with Crippen LogP contribution in [0.3, 0.4) is 0 Å². The lowest BCUT2D eigenvalue weighted by atomic mass is 10.0. The van der Waals surface area contributed by atoms with E-state index in [-0.39, 0.29) is 0 Å². The predicted octanol–water partition coefficient (Wildman–Crippen LogP) is -0.276. The molecule has 0 amide bonds. The molecule has 0 aromatic rings. The highest BCUT2D eigenvalue weighted by molar-refractivity contribution is 7.86. The summed E-state index contributed by atoms with van der Waals surface area (Å²) in [5, 5.41) is 3.32. The van der Waals surface area contributed by atoms with Crippen molar-refractivity contribution in [1.29, 1.82) is 0 Å². The molecule has 5 nitrogen and oxygen atoms in total. The van der Waals surface area contributed by atoms with Gasteiger partial charge in [-0.15, -0.1) is 0 Å². The van der Waals surface area contributed by atoms with Crippen molar-refractivity contribution in [3.63, 3.8) is 0 Å². The summed E-state index contributed by atoms with van der Waals surface area (Å²) in [7, 11) is -1.53. The van der Waals surface area contributed by atoms with E-state index in [2.05, 4.69) is 5.32 Å². The highest BCUT2D eigenvalue weighted by atomic mass is 32.2. The van der Waals surface area contributed by atoms with Gasteiger partial charge in [0, 0.05) is 26.7 Å². The van der Waals surface area contributed by atoms with Gasteiger partial charge in [0.1, 0.15) is 0 Å². The van der Waals surface area contributed by atoms with Gasteiger partial charge in [0.2, 0.25) is 0 Å². The summed E-state index contributed by atoms with van der Waals surface area (Å²) in [6, 6.07) is 0. The van der Waals surface area contributed by atoms with E-state index in [4.69, 9.17) is 0 Å². The summed E-state index contributed by atoms with van der Waals surface area (Å²) in [6.07, 6.45) is 0.859. The maximum absolute atomic E-state index is 12.2. The maximum Gasteiger partial charge on any atom is 0.281 e. The van der Waals surface area contributed by atoms with Gasteiger partial charge in [-0.1, -0.05) is 6.92 Å². The fraction of sp³-hybridized carbons (Fsp3) is 1.00. The van der Waals surface area contributed by atoms with E-state index in [0.717, 1.165) is 19.5 Å². The van der Waals surface area contributed by atoms with Gasteiger partial charge in [-0.25, -0.2) is 0 Å². The van der Waals surface area contributed by atoms with Crippen LogP contribution in [-0.2, 0) is 10.2 Å². The topological polar surface area (TPSA) is 52.7 Å². The Kier molecular flexibility index (Phi) is 3.53. The molecule has 6 heteroatoms. The van der Waals surface area contributed by atoms with Gasteiger partial charge in [-0.2, -0.15) is 17.0 Å². The molecule has 1 N–H and O–H groups in total. The number of hydrogen-bond acceptors (Lipinski definition) is 3. The second kappa shape index (κ2) is 4.60. The number of hydrogen-bond donors (Lipinski definition) is 1. The average Bonchev–Trinajstić information content (AvgIpc) is 2.76. The summed E-state index contributed by atoms with van der Waals surface area (Å²) in [6.45, 7) is 5.91. The van der Waals surface area contributed by atoms with Crippen molar-refractivity contribution in [3.8, 4) is 0 Å². The summed E-state index contributed by atoms with van der Waals surface area (Å²) in [4.78, 5) is 0. The summed E-state index contributed by atoms with van der Waals surface area (Å²) in [5.41, 5.74) is 0. The minimum Gasteiger partial charge on any atom is -0.316 e. The van der Waals surface area contributed by atoms with Crippen molar-refractivity contribution in [3.05, 3.63) is 0 Å². The van der Waals surface area contributed by atoms with Crippen molar-refractivity contribution in [2.75, 3.05) is 39.8 Å². The molecule has 2 heterocycles. The van der Waals surface area contributed by atoms with E-state index < -0.39 is 10.2 Å². The maximum atomic E-state index is 12.2. The lowest BCUT2D eigenvalue weighted by molar-refractivity contribution is 0.381. The van der Waals surface area contributed by atoms with E-state index in [1.54, 1.807) is 11.4 Å². The van der Waals surface area contributed by atoms with Crippen LogP contribution in [0.2, 0.25) is 0 Å². The minimum atomic E-state index is -3.20. The van der Waals surface area contributed by atoms with Gasteiger partial charge < -0.3 is 5.32 Å². The Hall–Kier alpha value is -0.170. The van der Waals surface area contributed by atoms with Crippen molar-refractivity contribution in [1.82, 2.24) is 13.9 Å². The van der Waals surface area contributed by atoms with Gasteiger partial charge in [0.05, 0.1) is 0 Å². The SMILES string of the molecule is CCCN(C)S(=O)(=O)N1C[C@H]2CNC[C@H]2C1. The zero-order chi connectivity index (χ0) is 11.8. The summed E-state index contributed by atoms with van der Waals surface area (Å²) >= 11 is 0. The number of rotatable bonds is 4. The third-order valence-electron chi connectivity index (χ3n) is 3.61. The predicted molar refractivity (Wildman–Crippen MR) is 63.3 cm³/mol. The molecule has 2 atom stereocenters. The first-order valence-electron chi connectivity index (χ1n) is 5.97. The molecular formula is C10H21N3O2S. The van der Waals surface area contributed by atoms with Crippen LogP contribution >= 0.6 is 0 Å². The molecule has 0 radical (unpaired) electrons. The third-order valence-corrected chi connectivity index (χ3v) is 5.54. The zero-order valence-electron chi connectivity index (χ0n) is 10.0. The van der Waals surface area contributed by atoms with Gasteiger partial charge in [0.25, 0.3) is 10.2 Å². The molecule has 2 saturated heterocycles. The van der Waals surface area contributed by atoms with Crippen LogP contribution in [0.4, 0.5) is 0 Å². The molecule has 0 aliphatic carbocycles.